The number of halogens is 1. The zero-order valence-corrected chi connectivity index (χ0v) is 7.76. The maximum absolute atomic E-state index is 4.12. The molecule has 0 aliphatic heterocycles. The van der Waals surface area contributed by atoms with Crippen LogP contribution in [-0.4, -0.2) is 10.2 Å². The van der Waals surface area contributed by atoms with Gasteiger partial charge < -0.3 is 0 Å². The van der Waals surface area contributed by atoms with E-state index >= 15 is 0 Å². The summed E-state index contributed by atoms with van der Waals surface area (Å²) >= 11 is 3.32. The van der Waals surface area contributed by atoms with Gasteiger partial charge in [0.15, 0.2) is 0 Å². The van der Waals surface area contributed by atoms with Crippen LogP contribution in [0.15, 0.2) is 10.7 Å². The smallest absolute Gasteiger partial charge is 0.129 e. The Kier molecular flexibility index (Phi) is 1.90. The molecule has 0 aromatic carbocycles. The van der Waals surface area contributed by atoms with Gasteiger partial charge in [0.1, 0.15) is 4.60 Å². The van der Waals surface area contributed by atoms with Gasteiger partial charge in [0.2, 0.25) is 0 Å². The Labute approximate surface area is 74.2 Å². The predicted molar refractivity (Wildman–Crippen MR) is 46.4 cm³/mol. The van der Waals surface area contributed by atoms with Crippen molar-refractivity contribution in [3.05, 3.63) is 21.9 Å². The van der Waals surface area contributed by atoms with Crippen LogP contribution in [0, 0.1) is 0 Å². The third-order valence-corrected chi connectivity index (χ3v) is 2.43. The molecule has 0 bridgehead atoms. The average molecular weight is 213 g/mol. The first-order chi connectivity index (χ1) is 5.36. The minimum atomic E-state index is 0.859. The van der Waals surface area contributed by atoms with Gasteiger partial charge in [0, 0.05) is 0 Å². The summed E-state index contributed by atoms with van der Waals surface area (Å²) in [5.41, 5.74) is 2.57. The fourth-order valence-corrected chi connectivity index (χ4v) is 1.82. The van der Waals surface area contributed by atoms with Crippen molar-refractivity contribution in [2.75, 3.05) is 0 Å². The highest BCUT2D eigenvalue weighted by Gasteiger charge is 2.10. The molecule has 1 heterocycles. The van der Waals surface area contributed by atoms with Gasteiger partial charge in [-0.3, -0.25) is 0 Å². The first-order valence-corrected chi connectivity index (χ1v) is 4.66. The highest BCUT2D eigenvalue weighted by molar-refractivity contribution is 9.10. The van der Waals surface area contributed by atoms with Crippen molar-refractivity contribution < 1.29 is 0 Å². The number of nitrogens with zero attached hydrogens (tertiary/aromatic N) is 2. The first kappa shape index (κ1) is 7.22. The Morgan fingerprint density at radius 3 is 2.91 bits per heavy atom. The third-order valence-electron chi connectivity index (χ3n) is 2.04. The van der Waals surface area contributed by atoms with Crippen molar-refractivity contribution in [3.8, 4) is 0 Å². The van der Waals surface area contributed by atoms with Gasteiger partial charge >= 0.3 is 0 Å². The Balaban J connectivity index is 2.43. The zero-order chi connectivity index (χ0) is 7.68. The molecular weight excluding hydrogens is 204 g/mol. The Morgan fingerprint density at radius 2 is 2.00 bits per heavy atom. The SMILES string of the molecule is Brc1cc2c(nn1)CCCC2. The molecule has 0 saturated heterocycles. The highest BCUT2D eigenvalue weighted by Crippen LogP contribution is 2.20. The number of hydrogen-bond acceptors (Lipinski definition) is 2. The van der Waals surface area contributed by atoms with Gasteiger partial charge in [-0.1, -0.05) is 0 Å². The molecule has 1 aromatic rings. The van der Waals surface area contributed by atoms with E-state index in [1.54, 1.807) is 0 Å². The molecule has 3 heteroatoms. The number of rotatable bonds is 0. The lowest BCUT2D eigenvalue weighted by Gasteiger charge is -2.12. The molecule has 1 aromatic heterocycles. The summed E-state index contributed by atoms with van der Waals surface area (Å²) in [6, 6.07) is 2.08. The van der Waals surface area contributed by atoms with Crippen molar-refractivity contribution in [2.24, 2.45) is 0 Å². The minimum Gasteiger partial charge on any atom is -0.154 e. The summed E-state index contributed by atoms with van der Waals surface area (Å²) in [7, 11) is 0. The molecule has 1 aliphatic carbocycles. The van der Waals surface area contributed by atoms with Crippen molar-refractivity contribution in [1.82, 2.24) is 10.2 Å². The number of fused-ring (bicyclic) bond motifs is 1. The van der Waals surface area contributed by atoms with Gasteiger partial charge in [-0.2, -0.15) is 5.10 Å². The van der Waals surface area contributed by atoms with E-state index in [1.165, 1.54) is 30.5 Å². The molecule has 2 rings (SSSR count). The summed E-state index contributed by atoms with van der Waals surface area (Å²) in [4.78, 5) is 0. The van der Waals surface area contributed by atoms with Gasteiger partial charge in [0.25, 0.3) is 0 Å². The maximum atomic E-state index is 4.12. The van der Waals surface area contributed by atoms with Crippen molar-refractivity contribution in [3.63, 3.8) is 0 Å². The Morgan fingerprint density at radius 1 is 1.18 bits per heavy atom. The molecule has 2 nitrogen and oxygen atoms in total. The monoisotopic (exact) mass is 212 g/mol. The number of aromatic nitrogens is 2. The van der Waals surface area contributed by atoms with Crippen LogP contribution in [0.3, 0.4) is 0 Å². The largest absolute Gasteiger partial charge is 0.154 e. The highest BCUT2D eigenvalue weighted by atomic mass is 79.9. The van der Waals surface area contributed by atoms with Gasteiger partial charge in [-0.25, -0.2) is 0 Å². The molecule has 0 fully saturated rings. The van der Waals surface area contributed by atoms with E-state index in [0.717, 1.165) is 11.0 Å². The molecule has 0 atom stereocenters. The van der Waals surface area contributed by atoms with Crippen LogP contribution in [0.25, 0.3) is 0 Å². The zero-order valence-electron chi connectivity index (χ0n) is 6.18. The number of aryl methyl sites for hydroxylation is 2. The molecule has 0 N–H and O–H groups in total. The number of hydrogen-bond donors (Lipinski definition) is 0. The van der Waals surface area contributed by atoms with Crippen molar-refractivity contribution in [1.29, 1.82) is 0 Å². The Bertz CT molecular complexity index is 273. The van der Waals surface area contributed by atoms with Crippen molar-refractivity contribution >= 4 is 15.9 Å². The van der Waals surface area contributed by atoms with Gasteiger partial charge in [-0.05, 0) is 53.2 Å². The molecule has 0 spiro atoms. The van der Waals surface area contributed by atoms with E-state index < -0.39 is 0 Å². The molecule has 1 aliphatic rings. The topological polar surface area (TPSA) is 25.8 Å². The molecule has 0 unspecified atom stereocenters. The fraction of sp³-hybridized carbons (Fsp3) is 0.500. The predicted octanol–water partition coefficient (Wildman–Crippen LogP) is 2.12. The standard InChI is InChI=1S/C8H9BrN2/c9-8-5-6-3-1-2-4-7(6)10-11-8/h5H,1-4H2. The lowest BCUT2D eigenvalue weighted by molar-refractivity contribution is 0.652. The second-order valence-electron chi connectivity index (χ2n) is 2.85. The quantitative estimate of drug-likeness (QED) is 0.659. The molecule has 0 amide bonds. The van der Waals surface area contributed by atoms with Crippen LogP contribution >= 0.6 is 15.9 Å². The maximum Gasteiger partial charge on any atom is 0.129 e. The van der Waals surface area contributed by atoms with Crippen LogP contribution in [0.5, 0.6) is 0 Å². The van der Waals surface area contributed by atoms with E-state index in [0.29, 0.717) is 0 Å². The van der Waals surface area contributed by atoms with E-state index in [-0.39, 0.29) is 0 Å². The summed E-state index contributed by atoms with van der Waals surface area (Å²) < 4.78 is 0.859. The lowest BCUT2D eigenvalue weighted by atomic mass is 9.97. The van der Waals surface area contributed by atoms with Gasteiger partial charge in [0.05, 0.1) is 5.69 Å². The third kappa shape index (κ3) is 1.43. The van der Waals surface area contributed by atoms with Crippen LogP contribution in [0.2, 0.25) is 0 Å². The molecule has 0 radical (unpaired) electrons. The van der Waals surface area contributed by atoms with E-state index in [9.17, 15) is 0 Å². The van der Waals surface area contributed by atoms with E-state index in [1.807, 2.05) is 0 Å². The first-order valence-electron chi connectivity index (χ1n) is 3.87. The second-order valence-corrected chi connectivity index (χ2v) is 3.66. The summed E-state index contributed by atoms with van der Waals surface area (Å²) in [5, 5.41) is 8.08. The minimum absolute atomic E-state index is 0.859. The molecular formula is C8H9BrN2. The van der Waals surface area contributed by atoms with Crippen LogP contribution in [0.1, 0.15) is 24.1 Å². The van der Waals surface area contributed by atoms with E-state index in [4.69, 9.17) is 0 Å². The van der Waals surface area contributed by atoms with E-state index in [2.05, 4.69) is 32.2 Å². The lowest BCUT2D eigenvalue weighted by Crippen LogP contribution is -2.06. The van der Waals surface area contributed by atoms with Crippen LogP contribution < -0.4 is 0 Å². The van der Waals surface area contributed by atoms with Crippen molar-refractivity contribution in [2.45, 2.75) is 25.7 Å². The fourth-order valence-electron chi connectivity index (χ4n) is 1.46. The second kappa shape index (κ2) is 2.89. The summed E-state index contributed by atoms with van der Waals surface area (Å²) in [5.74, 6) is 0. The Hall–Kier alpha value is -0.440. The molecule has 58 valence electrons. The molecule has 11 heavy (non-hydrogen) atoms. The van der Waals surface area contributed by atoms with Crippen LogP contribution in [-0.2, 0) is 12.8 Å². The summed E-state index contributed by atoms with van der Waals surface area (Å²) in [6.07, 6.45) is 4.84. The summed E-state index contributed by atoms with van der Waals surface area (Å²) in [6.45, 7) is 0. The normalized spacial score (nSPS) is 16.1. The molecule has 0 saturated carbocycles. The van der Waals surface area contributed by atoms with Crippen LogP contribution in [0.4, 0.5) is 0 Å². The average Bonchev–Trinajstić information content (AvgIpc) is 2.04. The van der Waals surface area contributed by atoms with Gasteiger partial charge in [-0.15, -0.1) is 5.10 Å².